The van der Waals surface area contributed by atoms with Gasteiger partial charge in [0.1, 0.15) is 15.1 Å². The lowest BCUT2D eigenvalue weighted by atomic mass is 10.6. The molecule has 0 amide bonds. The molecule has 14 heavy (non-hydrogen) atoms. The fourth-order valence-corrected chi connectivity index (χ4v) is 1.70. The number of aromatic nitrogens is 2. The van der Waals surface area contributed by atoms with Crippen LogP contribution in [0.3, 0.4) is 0 Å². The van der Waals surface area contributed by atoms with Crippen molar-refractivity contribution < 1.29 is 13.5 Å². The highest BCUT2D eigenvalue weighted by Gasteiger charge is 2.11. The zero-order chi connectivity index (χ0) is 10.9. The van der Waals surface area contributed by atoms with Gasteiger partial charge in [-0.05, 0) is 22.6 Å². The van der Waals surface area contributed by atoms with Crippen molar-refractivity contribution >= 4 is 32.4 Å². The molecule has 0 spiro atoms. The summed E-state index contributed by atoms with van der Waals surface area (Å²) in [7, 11) is -3.27. The number of rotatable bonds is 2. The predicted molar refractivity (Wildman–Crippen MR) is 57.8 cm³/mol. The Morgan fingerprint density at radius 3 is 2.57 bits per heavy atom. The SMILES string of the molecule is CS(=O)(=O)Cc1nc(O)c(I)c(=O)[nH]1. The Hall–Kier alpha value is -0.640. The molecule has 1 aromatic heterocycles. The standard InChI is InChI=1S/C6H7IN2O4S/c1-14(12,13)2-3-8-5(10)4(7)6(11)9-3/h2H2,1H3,(H2,8,9,10,11). The second-order valence-corrected chi connectivity index (χ2v) is 5.94. The Morgan fingerprint density at radius 2 is 2.14 bits per heavy atom. The van der Waals surface area contributed by atoms with Crippen LogP contribution in [0.5, 0.6) is 5.88 Å². The molecule has 1 rings (SSSR count). The van der Waals surface area contributed by atoms with E-state index in [1.807, 2.05) is 0 Å². The van der Waals surface area contributed by atoms with Gasteiger partial charge >= 0.3 is 0 Å². The van der Waals surface area contributed by atoms with Gasteiger partial charge in [0, 0.05) is 6.26 Å². The monoisotopic (exact) mass is 330 g/mol. The number of aromatic hydroxyl groups is 1. The Morgan fingerprint density at radius 1 is 1.57 bits per heavy atom. The molecule has 0 aliphatic rings. The average Bonchev–Trinajstić information content (AvgIpc) is 1.96. The lowest BCUT2D eigenvalue weighted by Crippen LogP contribution is -2.16. The topological polar surface area (TPSA) is 100 Å². The second-order valence-electron chi connectivity index (χ2n) is 2.72. The number of sulfone groups is 1. The van der Waals surface area contributed by atoms with Gasteiger partial charge in [0.25, 0.3) is 5.56 Å². The highest BCUT2D eigenvalue weighted by Crippen LogP contribution is 2.11. The highest BCUT2D eigenvalue weighted by atomic mass is 127. The summed E-state index contributed by atoms with van der Waals surface area (Å²) in [4.78, 5) is 16.9. The molecule has 8 heteroatoms. The smallest absolute Gasteiger partial charge is 0.268 e. The third-order valence-corrected chi connectivity index (χ3v) is 3.06. The molecule has 0 aliphatic heterocycles. The summed E-state index contributed by atoms with van der Waals surface area (Å²) in [6.45, 7) is 0. The molecule has 0 aliphatic carbocycles. The van der Waals surface area contributed by atoms with Gasteiger partial charge in [0.2, 0.25) is 5.88 Å². The number of halogens is 1. The average molecular weight is 330 g/mol. The van der Waals surface area contributed by atoms with E-state index in [0.717, 1.165) is 6.26 Å². The van der Waals surface area contributed by atoms with Crippen molar-refractivity contribution in [3.63, 3.8) is 0 Å². The normalized spacial score (nSPS) is 11.6. The van der Waals surface area contributed by atoms with Gasteiger partial charge in [0.05, 0.1) is 0 Å². The van der Waals surface area contributed by atoms with Crippen LogP contribution >= 0.6 is 22.6 Å². The molecule has 1 aromatic rings. The largest absolute Gasteiger partial charge is 0.492 e. The third-order valence-electron chi connectivity index (χ3n) is 1.29. The Labute approximate surface area is 93.4 Å². The summed E-state index contributed by atoms with van der Waals surface area (Å²) >= 11 is 1.62. The zero-order valence-corrected chi connectivity index (χ0v) is 10.1. The van der Waals surface area contributed by atoms with E-state index in [2.05, 4.69) is 9.97 Å². The van der Waals surface area contributed by atoms with E-state index in [9.17, 15) is 13.2 Å². The van der Waals surface area contributed by atoms with Crippen molar-refractivity contribution in [1.82, 2.24) is 9.97 Å². The predicted octanol–water partition coefficient (Wildman–Crippen LogP) is -0.375. The van der Waals surface area contributed by atoms with Gasteiger partial charge in [-0.1, -0.05) is 0 Å². The van der Waals surface area contributed by atoms with E-state index in [-0.39, 0.29) is 9.39 Å². The maximum atomic E-state index is 11.1. The van der Waals surface area contributed by atoms with Crippen molar-refractivity contribution in [2.75, 3.05) is 6.26 Å². The van der Waals surface area contributed by atoms with Crippen LogP contribution in [-0.4, -0.2) is 29.7 Å². The number of H-pyrrole nitrogens is 1. The van der Waals surface area contributed by atoms with Crippen LogP contribution in [0.2, 0.25) is 0 Å². The van der Waals surface area contributed by atoms with Gasteiger partial charge in [0.15, 0.2) is 9.84 Å². The Kier molecular flexibility index (Phi) is 3.14. The maximum Gasteiger partial charge on any atom is 0.268 e. The molecule has 0 radical (unpaired) electrons. The zero-order valence-electron chi connectivity index (χ0n) is 7.11. The van der Waals surface area contributed by atoms with Crippen molar-refractivity contribution in [3.05, 3.63) is 19.7 Å². The fraction of sp³-hybridized carbons (Fsp3) is 0.333. The van der Waals surface area contributed by atoms with Gasteiger partial charge in [-0.15, -0.1) is 0 Å². The van der Waals surface area contributed by atoms with E-state index in [1.165, 1.54) is 0 Å². The van der Waals surface area contributed by atoms with Gasteiger partial charge in [-0.2, -0.15) is 4.98 Å². The van der Waals surface area contributed by atoms with Crippen LogP contribution in [0.1, 0.15) is 5.82 Å². The molecular weight excluding hydrogens is 323 g/mol. The molecule has 78 valence electrons. The van der Waals surface area contributed by atoms with Gasteiger partial charge in [-0.25, -0.2) is 8.42 Å². The van der Waals surface area contributed by atoms with E-state index in [4.69, 9.17) is 5.11 Å². The number of aromatic amines is 1. The van der Waals surface area contributed by atoms with Crippen molar-refractivity contribution in [2.45, 2.75) is 5.75 Å². The quantitative estimate of drug-likeness (QED) is 0.721. The first kappa shape index (κ1) is 11.4. The van der Waals surface area contributed by atoms with E-state index in [1.54, 1.807) is 22.6 Å². The first-order valence-corrected chi connectivity index (χ1v) is 6.59. The van der Waals surface area contributed by atoms with Crippen molar-refractivity contribution in [2.24, 2.45) is 0 Å². The first-order chi connectivity index (χ1) is 6.29. The summed E-state index contributed by atoms with van der Waals surface area (Å²) < 4.78 is 21.8. The number of nitrogens with zero attached hydrogens (tertiary/aromatic N) is 1. The Balaban J connectivity index is 3.21. The van der Waals surface area contributed by atoms with E-state index in [0.29, 0.717) is 0 Å². The molecule has 0 saturated heterocycles. The van der Waals surface area contributed by atoms with E-state index < -0.39 is 27.0 Å². The molecule has 0 aromatic carbocycles. The van der Waals surface area contributed by atoms with Gasteiger partial charge in [-0.3, -0.25) is 4.79 Å². The van der Waals surface area contributed by atoms with E-state index >= 15 is 0 Å². The van der Waals surface area contributed by atoms with Crippen LogP contribution in [-0.2, 0) is 15.6 Å². The fourth-order valence-electron chi connectivity index (χ4n) is 0.809. The minimum atomic E-state index is -3.27. The van der Waals surface area contributed by atoms with Crippen molar-refractivity contribution in [1.29, 1.82) is 0 Å². The molecule has 6 nitrogen and oxygen atoms in total. The summed E-state index contributed by atoms with van der Waals surface area (Å²) in [5.74, 6) is -0.907. The van der Waals surface area contributed by atoms with Crippen LogP contribution in [0, 0.1) is 3.57 Å². The highest BCUT2D eigenvalue weighted by molar-refractivity contribution is 14.1. The maximum absolute atomic E-state index is 11.1. The van der Waals surface area contributed by atoms with Crippen LogP contribution in [0.4, 0.5) is 0 Å². The lowest BCUT2D eigenvalue weighted by Gasteiger charge is -2.00. The molecule has 0 fully saturated rings. The van der Waals surface area contributed by atoms with Crippen LogP contribution in [0.15, 0.2) is 4.79 Å². The molecule has 0 atom stereocenters. The molecule has 0 bridgehead atoms. The molecule has 0 saturated carbocycles. The molecular formula is C6H7IN2O4S. The summed E-state index contributed by atoms with van der Waals surface area (Å²) in [6.07, 6.45) is 1.02. The summed E-state index contributed by atoms with van der Waals surface area (Å²) in [5.41, 5.74) is -0.545. The number of hydrogen-bond donors (Lipinski definition) is 2. The summed E-state index contributed by atoms with van der Waals surface area (Å²) in [5, 5.41) is 9.14. The summed E-state index contributed by atoms with van der Waals surface area (Å²) in [6, 6.07) is 0. The minimum absolute atomic E-state index is 0.0415. The third kappa shape index (κ3) is 2.94. The van der Waals surface area contributed by atoms with Gasteiger partial charge < -0.3 is 10.1 Å². The molecule has 2 N–H and O–H groups in total. The number of hydrogen-bond acceptors (Lipinski definition) is 5. The Bertz CT molecular complexity index is 507. The first-order valence-electron chi connectivity index (χ1n) is 3.45. The lowest BCUT2D eigenvalue weighted by molar-refractivity contribution is 0.444. The second kappa shape index (κ2) is 3.85. The van der Waals surface area contributed by atoms with Crippen molar-refractivity contribution in [3.8, 4) is 5.88 Å². The van der Waals surface area contributed by atoms with Crippen LogP contribution < -0.4 is 5.56 Å². The molecule has 1 heterocycles. The molecule has 0 unspecified atom stereocenters. The minimum Gasteiger partial charge on any atom is -0.492 e. The van der Waals surface area contributed by atoms with Crippen LogP contribution in [0.25, 0.3) is 0 Å². The number of nitrogens with one attached hydrogen (secondary N) is 1.